The van der Waals surface area contributed by atoms with Crippen molar-refractivity contribution >= 4 is 0 Å². The van der Waals surface area contributed by atoms with Gasteiger partial charge in [-0.2, -0.15) is 0 Å². The van der Waals surface area contributed by atoms with Gasteiger partial charge in [-0.1, -0.05) is 284 Å². The molecule has 1 aromatic heterocycles. The summed E-state index contributed by atoms with van der Waals surface area (Å²) in [6.07, 6.45) is 72.7. The molecule has 0 aliphatic carbocycles. The topological polar surface area (TPSA) is 3.88 Å². The highest BCUT2D eigenvalue weighted by Crippen LogP contribution is 2.18. The molecule has 0 aliphatic heterocycles. The van der Waals surface area contributed by atoms with Crippen molar-refractivity contribution in [2.24, 2.45) is 0 Å². The van der Waals surface area contributed by atoms with Crippen molar-refractivity contribution in [3.63, 3.8) is 0 Å². The number of unbranched alkanes of at least 4 members (excludes halogenated alkanes) is 42. The molecule has 0 radical (unpaired) electrons. The van der Waals surface area contributed by atoms with Crippen LogP contribution in [-0.4, -0.2) is 0 Å². The Morgan fingerprint density at radius 3 is 0.667 bits per heavy atom. The minimum atomic E-state index is 1.22. The molecule has 1 rings (SSSR count). The smallest absolute Gasteiger partial charge is 0.171 e. The molecule has 0 spiro atoms. The first-order valence-corrected chi connectivity index (χ1v) is 27.3. The van der Waals surface area contributed by atoms with Crippen molar-refractivity contribution in [1.82, 2.24) is 0 Å². The zero-order chi connectivity index (χ0) is 40.8. The fourth-order valence-electron chi connectivity index (χ4n) is 9.25. The van der Waals surface area contributed by atoms with Gasteiger partial charge in [0.05, 0.1) is 0 Å². The van der Waals surface area contributed by atoms with Crippen LogP contribution < -0.4 is 4.57 Å². The van der Waals surface area contributed by atoms with Crippen molar-refractivity contribution < 1.29 is 4.57 Å². The molecular formula is C56H108N+. The standard InChI is InChI=1S/C56H108N/c1-4-7-10-13-16-19-22-24-26-28-30-32-34-37-40-43-46-49-55-52-56(54-57(53-55)51-48-45-42-39-36-21-18-15-12-9-6-3)50-47-44-41-38-35-33-31-29-27-25-23-20-17-14-11-8-5-2/h52-54H,4-51H2,1-3H3/q+1. The second-order valence-electron chi connectivity index (χ2n) is 19.1. The van der Waals surface area contributed by atoms with Crippen LogP contribution in [0.5, 0.6) is 0 Å². The highest BCUT2D eigenvalue weighted by molar-refractivity contribution is 5.15. The molecule has 1 heteroatoms. The molecule has 0 atom stereocenters. The van der Waals surface area contributed by atoms with Crippen LogP contribution in [0.2, 0.25) is 0 Å². The highest BCUT2D eigenvalue weighted by atomic mass is 14.9. The fraction of sp³-hybridized carbons (Fsp3) is 0.911. The van der Waals surface area contributed by atoms with Crippen molar-refractivity contribution in [1.29, 1.82) is 0 Å². The van der Waals surface area contributed by atoms with Gasteiger partial charge in [-0.25, -0.2) is 4.57 Å². The maximum atomic E-state index is 2.60. The van der Waals surface area contributed by atoms with Gasteiger partial charge in [0.15, 0.2) is 12.4 Å². The summed E-state index contributed by atoms with van der Waals surface area (Å²) in [5, 5.41) is 0. The van der Waals surface area contributed by atoms with E-state index in [1.807, 2.05) is 0 Å². The first-order valence-electron chi connectivity index (χ1n) is 27.3. The van der Waals surface area contributed by atoms with Gasteiger partial charge in [-0.15, -0.1) is 0 Å². The molecule has 1 nitrogen and oxygen atoms in total. The van der Waals surface area contributed by atoms with Crippen LogP contribution in [0, 0.1) is 0 Å². The van der Waals surface area contributed by atoms with E-state index in [1.54, 1.807) is 11.1 Å². The van der Waals surface area contributed by atoms with Crippen LogP contribution in [0.3, 0.4) is 0 Å². The Morgan fingerprint density at radius 2 is 0.439 bits per heavy atom. The van der Waals surface area contributed by atoms with Gasteiger partial charge in [0.2, 0.25) is 0 Å². The summed E-state index contributed by atoms with van der Waals surface area (Å²) in [4.78, 5) is 0. The van der Waals surface area contributed by atoms with E-state index in [4.69, 9.17) is 0 Å². The molecule has 0 saturated carbocycles. The molecule has 0 aliphatic rings. The van der Waals surface area contributed by atoms with E-state index < -0.39 is 0 Å². The largest absolute Gasteiger partial charge is 0.205 e. The molecule has 0 N–H and O–H groups in total. The summed E-state index contributed by atoms with van der Waals surface area (Å²) in [5.41, 5.74) is 3.23. The van der Waals surface area contributed by atoms with E-state index in [9.17, 15) is 0 Å². The lowest BCUT2D eigenvalue weighted by Crippen LogP contribution is -2.34. The Morgan fingerprint density at radius 1 is 0.246 bits per heavy atom. The third-order valence-electron chi connectivity index (χ3n) is 13.2. The number of hydrogen-bond donors (Lipinski definition) is 0. The molecule has 0 bridgehead atoms. The molecular weight excluding hydrogens is 687 g/mol. The van der Waals surface area contributed by atoms with Crippen LogP contribution >= 0.6 is 0 Å². The van der Waals surface area contributed by atoms with E-state index in [1.165, 1.54) is 308 Å². The van der Waals surface area contributed by atoms with Crippen molar-refractivity contribution in [3.05, 3.63) is 29.6 Å². The summed E-state index contributed by atoms with van der Waals surface area (Å²) in [6.45, 7) is 8.17. The number of rotatable bonds is 48. The highest BCUT2D eigenvalue weighted by Gasteiger charge is 2.09. The van der Waals surface area contributed by atoms with E-state index in [0.29, 0.717) is 0 Å². The predicted molar refractivity (Wildman–Crippen MR) is 259 cm³/mol. The minimum absolute atomic E-state index is 1.22. The van der Waals surface area contributed by atoms with Gasteiger partial charge in [-0.05, 0) is 38.2 Å². The van der Waals surface area contributed by atoms with Crippen molar-refractivity contribution in [2.45, 2.75) is 329 Å². The average Bonchev–Trinajstić information content (AvgIpc) is 3.22. The summed E-state index contributed by atoms with van der Waals surface area (Å²) in [5.74, 6) is 0. The third kappa shape index (κ3) is 40.3. The van der Waals surface area contributed by atoms with Crippen LogP contribution in [0.15, 0.2) is 18.5 Å². The lowest BCUT2D eigenvalue weighted by Gasteiger charge is -2.08. The van der Waals surface area contributed by atoms with E-state index >= 15 is 0 Å². The zero-order valence-electron chi connectivity index (χ0n) is 40.1. The zero-order valence-corrected chi connectivity index (χ0v) is 40.1. The Hall–Kier alpha value is -0.850. The van der Waals surface area contributed by atoms with Crippen molar-refractivity contribution in [2.75, 3.05) is 0 Å². The monoisotopic (exact) mass is 795 g/mol. The molecule has 336 valence electrons. The van der Waals surface area contributed by atoms with Gasteiger partial charge in [-0.3, -0.25) is 0 Å². The van der Waals surface area contributed by atoms with Crippen LogP contribution in [-0.2, 0) is 19.4 Å². The molecule has 0 amide bonds. The lowest BCUT2D eigenvalue weighted by molar-refractivity contribution is -0.698. The number of nitrogens with zero attached hydrogens (tertiary/aromatic N) is 1. The molecule has 0 unspecified atom stereocenters. The van der Waals surface area contributed by atoms with Crippen LogP contribution in [0.25, 0.3) is 0 Å². The number of aryl methyl sites for hydroxylation is 3. The Balaban J connectivity index is 2.24. The second kappa shape index (κ2) is 46.2. The Kier molecular flexibility index (Phi) is 43.9. The summed E-state index contributed by atoms with van der Waals surface area (Å²) in [6, 6.07) is 2.59. The quantitative estimate of drug-likeness (QED) is 0.0457. The van der Waals surface area contributed by atoms with Gasteiger partial charge in [0.1, 0.15) is 6.54 Å². The molecule has 0 fully saturated rings. The van der Waals surface area contributed by atoms with Gasteiger partial charge in [0.25, 0.3) is 0 Å². The first-order chi connectivity index (χ1) is 28.3. The molecule has 0 aromatic carbocycles. The first kappa shape index (κ1) is 54.2. The Bertz CT molecular complexity index is 833. The van der Waals surface area contributed by atoms with Gasteiger partial charge in [0, 0.05) is 17.5 Å². The molecule has 0 saturated heterocycles. The fourth-order valence-corrected chi connectivity index (χ4v) is 9.25. The normalized spacial score (nSPS) is 11.6. The van der Waals surface area contributed by atoms with E-state index in [-0.39, 0.29) is 0 Å². The summed E-state index contributed by atoms with van der Waals surface area (Å²) < 4.78 is 2.60. The Labute approximate surface area is 361 Å². The third-order valence-corrected chi connectivity index (χ3v) is 13.2. The minimum Gasteiger partial charge on any atom is -0.205 e. The van der Waals surface area contributed by atoms with Crippen molar-refractivity contribution in [3.8, 4) is 0 Å². The maximum absolute atomic E-state index is 2.60. The predicted octanol–water partition coefficient (Wildman–Crippen LogP) is 19.7. The number of pyridine rings is 1. The molecule has 1 aromatic rings. The van der Waals surface area contributed by atoms with E-state index in [2.05, 4.69) is 43.8 Å². The average molecular weight is 795 g/mol. The van der Waals surface area contributed by atoms with Gasteiger partial charge < -0.3 is 0 Å². The second-order valence-corrected chi connectivity index (χ2v) is 19.1. The maximum Gasteiger partial charge on any atom is 0.171 e. The molecule has 57 heavy (non-hydrogen) atoms. The van der Waals surface area contributed by atoms with Crippen LogP contribution in [0.4, 0.5) is 0 Å². The number of hydrogen-bond acceptors (Lipinski definition) is 0. The molecule has 1 heterocycles. The number of aromatic nitrogens is 1. The summed E-state index contributed by atoms with van der Waals surface area (Å²) >= 11 is 0. The van der Waals surface area contributed by atoms with Crippen LogP contribution in [0.1, 0.15) is 321 Å². The van der Waals surface area contributed by atoms with E-state index in [0.717, 1.165) is 0 Å². The van der Waals surface area contributed by atoms with Gasteiger partial charge >= 0.3 is 0 Å². The SMILES string of the molecule is CCCCCCCCCCCCCCCCCCCc1cc(CCCCCCCCCCCCCCCCCCC)c[n+](CCCCCCCCCCCCC)c1. The summed E-state index contributed by atoms with van der Waals surface area (Å²) in [7, 11) is 0. The lowest BCUT2D eigenvalue weighted by atomic mass is 10.0.